The van der Waals surface area contributed by atoms with Crippen molar-refractivity contribution in [1.82, 2.24) is 0 Å². The molecule has 0 heterocycles. The zero-order chi connectivity index (χ0) is 16.3. The lowest BCUT2D eigenvalue weighted by Gasteiger charge is -2.15. The highest BCUT2D eigenvalue weighted by atomic mass is 16.5. The van der Waals surface area contributed by atoms with Gasteiger partial charge in [0.15, 0.2) is 0 Å². The van der Waals surface area contributed by atoms with Crippen LogP contribution in [0.4, 0.5) is 0 Å². The van der Waals surface area contributed by atoms with Gasteiger partial charge in [-0.3, -0.25) is 4.79 Å². The van der Waals surface area contributed by atoms with Crippen LogP contribution in [0.25, 0.3) is 0 Å². The first kappa shape index (κ1) is 17.2. The van der Waals surface area contributed by atoms with E-state index in [9.17, 15) is 4.79 Å². The van der Waals surface area contributed by atoms with E-state index in [0.29, 0.717) is 26.2 Å². The third-order valence-electron chi connectivity index (χ3n) is 3.50. The van der Waals surface area contributed by atoms with Gasteiger partial charge in [0, 0.05) is 0 Å². The Kier molecular flexibility index (Phi) is 7.30. The zero-order valence-electron chi connectivity index (χ0n) is 13.2. The highest BCUT2D eigenvalue weighted by Crippen LogP contribution is 2.10. The number of benzene rings is 2. The summed E-state index contributed by atoms with van der Waals surface area (Å²) < 4.78 is 11.0. The summed E-state index contributed by atoms with van der Waals surface area (Å²) in [6.45, 7) is 1.51. The van der Waals surface area contributed by atoms with Gasteiger partial charge in [0.25, 0.3) is 0 Å². The number of carbonyl (C=O) groups excluding carboxylic acids is 1. The number of carbonyl (C=O) groups is 1. The van der Waals surface area contributed by atoms with Gasteiger partial charge in [-0.15, -0.1) is 0 Å². The summed E-state index contributed by atoms with van der Waals surface area (Å²) in [5, 5.41) is 0. The van der Waals surface area contributed by atoms with Gasteiger partial charge in [0.05, 0.1) is 19.1 Å². The number of rotatable bonds is 9. The van der Waals surface area contributed by atoms with E-state index in [1.165, 1.54) is 0 Å². The Morgan fingerprint density at radius 1 is 0.913 bits per heavy atom. The van der Waals surface area contributed by atoms with Crippen LogP contribution in [0.15, 0.2) is 60.7 Å². The lowest BCUT2D eigenvalue weighted by molar-refractivity contribution is -0.152. The quantitative estimate of drug-likeness (QED) is 0.723. The lowest BCUT2D eigenvalue weighted by Crippen LogP contribution is -2.25. The topological polar surface area (TPSA) is 61.5 Å². The van der Waals surface area contributed by atoms with Crippen molar-refractivity contribution in [2.24, 2.45) is 11.7 Å². The van der Waals surface area contributed by atoms with Crippen molar-refractivity contribution in [3.63, 3.8) is 0 Å². The number of hydrogen-bond donors (Lipinski definition) is 1. The van der Waals surface area contributed by atoms with Gasteiger partial charge in [0.2, 0.25) is 0 Å². The van der Waals surface area contributed by atoms with Gasteiger partial charge < -0.3 is 15.2 Å². The second-order valence-electron chi connectivity index (χ2n) is 5.37. The fourth-order valence-corrected chi connectivity index (χ4v) is 2.21. The fraction of sp³-hybridized carbons (Fsp3) is 0.316. The minimum Gasteiger partial charge on any atom is -0.461 e. The molecule has 2 N–H and O–H groups in total. The Bertz CT molecular complexity index is 572. The summed E-state index contributed by atoms with van der Waals surface area (Å²) in [5.41, 5.74) is 7.64. The van der Waals surface area contributed by atoms with E-state index in [-0.39, 0.29) is 18.5 Å². The first-order valence-corrected chi connectivity index (χ1v) is 7.82. The molecule has 0 bridgehead atoms. The van der Waals surface area contributed by atoms with Crippen molar-refractivity contribution in [1.29, 1.82) is 0 Å². The van der Waals surface area contributed by atoms with E-state index in [4.69, 9.17) is 15.2 Å². The average Bonchev–Trinajstić information content (AvgIpc) is 2.61. The molecular weight excluding hydrogens is 290 g/mol. The van der Waals surface area contributed by atoms with E-state index < -0.39 is 0 Å². The van der Waals surface area contributed by atoms with E-state index in [1.54, 1.807) is 0 Å². The Labute approximate surface area is 137 Å². The van der Waals surface area contributed by atoms with E-state index in [0.717, 1.165) is 11.1 Å². The van der Waals surface area contributed by atoms with E-state index in [2.05, 4.69) is 0 Å². The van der Waals surface area contributed by atoms with Crippen LogP contribution in [0.1, 0.15) is 17.5 Å². The van der Waals surface area contributed by atoms with E-state index >= 15 is 0 Å². The molecule has 0 aromatic heterocycles. The molecule has 4 heteroatoms. The summed E-state index contributed by atoms with van der Waals surface area (Å²) in [6.07, 6.45) is 0.558. The monoisotopic (exact) mass is 313 g/mol. The standard InChI is InChI=1S/C19H23NO3/c20-12-11-18(15-22-13-16-7-3-1-4-8-16)19(21)23-14-17-9-5-2-6-10-17/h1-10,18H,11-15,20H2. The highest BCUT2D eigenvalue weighted by Gasteiger charge is 2.19. The van der Waals surface area contributed by atoms with Gasteiger partial charge in [-0.25, -0.2) is 0 Å². The molecule has 0 aliphatic rings. The average molecular weight is 313 g/mol. The molecule has 2 rings (SSSR count). The molecular formula is C19H23NO3. The number of hydrogen-bond acceptors (Lipinski definition) is 4. The Hall–Kier alpha value is -2.17. The molecule has 0 spiro atoms. The smallest absolute Gasteiger partial charge is 0.311 e. The third-order valence-corrected chi connectivity index (χ3v) is 3.50. The van der Waals surface area contributed by atoms with Gasteiger partial charge in [-0.1, -0.05) is 60.7 Å². The van der Waals surface area contributed by atoms with Crippen molar-refractivity contribution >= 4 is 5.97 Å². The molecule has 2 aromatic rings. The van der Waals surface area contributed by atoms with Crippen molar-refractivity contribution in [2.75, 3.05) is 13.2 Å². The van der Waals surface area contributed by atoms with Crippen molar-refractivity contribution in [3.8, 4) is 0 Å². The van der Waals surface area contributed by atoms with Gasteiger partial charge in [-0.2, -0.15) is 0 Å². The summed E-state index contributed by atoms with van der Waals surface area (Å²) >= 11 is 0. The van der Waals surface area contributed by atoms with Crippen LogP contribution in [-0.2, 0) is 27.5 Å². The molecule has 0 saturated carbocycles. The highest BCUT2D eigenvalue weighted by molar-refractivity contribution is 5.72. The molecule has 2 aromatic carbocycles. The maximum Gasteiger partial charge on any atom is 0.311 e. The lowest BCUT2D eigenvalue weighted by atomic mass is 10.1. The predicted octanol–water partition coefficient (Wildman–Crippen LogP) is 2.91. The molecule has 0 radical (unpaired) electrons. The molecule has 1 unspecified atom stereocenters. The number of esters is 1. The van der Waals surface area contributed by atoms with Crippen LogP contribution in [0.5, 0.6) is 0 Å². The number of ether oxygens (including phenoxy) is 2. The molecule has 1 atom stereocenters. The maximum absolute atomic E-state index is 12.2. The molecule has 0 aliphatic carbocycles. The van der Waals surface area contributed by atoms with Crippen LogP contribution in [0.2, 0.25) is 0 Å². The normalized spacial score (nSPS) is 11.9. The maximum atomic E-state index is 12.2. The first-order valence-electron chi connectivity index (χ1n) is 7.82. The molecule has 4 nitrogen and oxygen atoms in total. The Balaban J connectivity index is 1.78. The SMILES string of the molecule is NCCC(COCc1ccccc1)C(=O)OCc1ccccc1. The first-order chi connectivity index (χ1) is 11.3. The van der Waals surface area contributed by atoms with Crippen molar-refractivity contribution < 1.29 is 14.3 Å². The van der Waals surface area contributed by atoms with E-state index in [1.807, 2.05) is 60.7 Å². The second kappa shape index (κ2) is 9.77. The minimum atomic E-state index is -0.326. The largest absolute Gasteiger partial charge is 0.461 e. The Morgan fingerprint density at radius 2 is 1.48 bits per heavy atom. The Morgan fingerprint density at radius 3 is 2.04 bits per heavy atom. The molecule has 0 amide bonds. The molecule has 0 saturated heterocycles. The van der Waals surface area contributed by atoms with Crippen LogP contribution >= 0.6 is 0 Å². The van der Waals surface area contributed by atoms with Crippen LogP contribution in [-0.4, -0.2) is 19.1 Å². The summed E-state index contributed by atoms with van der Waals surface area (Å²) in [6, 6.07) is 19.5. The minimum absolute atomic E-state index is 0.257. The second-order valence-corrected chi connectivity index (χ2v) is 5.37. The molecule has 122 valence electrons. The third kappa shape index (κ3) is 6.22. The molecule has 0 aliphatic heterocycles. The molecule has 23 heavy (non-hydrogen) atoms. The summed E-state index contributed by atoms with van der Waals surface area (Å²) in [4.78, 5) is 12.2. The van der Waals surface area contributed by atoms with Crippen molar-refractivity contribution in [2.45, 2.75) is 19.6 Å². The fourth-order valence-electron chi connectivity index (χ4n) is 2.21. The summed E-state index contributed by atoms with van der Waals surface area (Å²) in [5.74, 6) is -0.584. The van der Waals surface area contributed by atoms with Gasteiger partial charge >= 0.3 is 5.97 Å². The van der Waals surface area contributed by atoms with Crippen LogP contribution in [0, 0.1) is 5.92 Å². The van der Waals surface area contributed by atoms with Crippen molar-refractivity contribution in [3.05, 3.63) is 71.8 Å². The molecule has 0 fully saturated rings. The zero-order valence-corrected chi connectivity index (χ0v) is 13.2. The number of nitrogens with two attached hydrogens (primary N) is 1. The van der Waals surface area contributed by atoms with Crippen LogP contribution in [0.3, 0.4) is 0 Å². The van der Waals surface area contributed by atoms with Gasteiger partial charge in [0.1, 0.15) is 6.61 Å². The van der Waals surface area contributed by atoms with Gasteiger partial charge in [-0.05, 0) is 24.1 Å². The van der Waals surface area contributed by atoms with Crippen LogP contribution < -0.4 is 5.73 Å². The predicted molar refractivity (Wildman–Crippen MR) is 89.5 cm³/mol. The summed E-state index contributed by atoms with van der Waals surface area (Å²) in [7, 11) is 0.